The van der Waals surface area contributed by atoms with Crippen LogP contribution < -0.4 is 5.73 Å². The van der Waals surface area contributed by atoms with E-state index in [4.69, 9.17) is 5.73 Å². The highest BCUT2D eigenvalue weighted by Crippen LogP contribution is 2.12. The van der Waals surface area contributed by atoms with Crippen LogP contribution in [0.15, 0.2) is 18.2 Å². The van der Waals surface area contributed by atoms with E-state index in [1.807, 2.05) is 19.9 Å². The molecule has 90 valence electrons. The number of hydrogen-bond donors (Lipinski definition) is 1. The molecule has 0 radical (unpaired) electrons. The zero-order valence-corrected chi connectivity index (χ0v) is 11.4. The monoisotopic (exact) mass is 239 g/mol. The molecule has 0 spiro atoms. The van der Waals surface area contributed by atoms with Crippen LogP contribution in [0.25, 0.3) is 0 Å². The maximum atomic E-state index is 11.9. The fourth-order valence-electron chi connectivity index (χ4n) is 1.55. The lowest BCUT2D eigenvalue weighted by molar-refractivity contribution is 0.577. The van der Waals surface area contributed by atoms with Gasteiger partial charge in [-0.05, 0) is 44.4 Å². The van der Waals surface area contributed by atoms with Crippen LogP contribution in [0, 0.1) is 13.8 Å². The summed E-state index contributed by atoms with van der Waals surface area (Å²) in [4.78, 5) is 0. The van der Waals surface area contributed by atoms with Gasteiger partial charge in [-0.2, -0.15) is 0 Å². The molecule has 1 atom stereocenters. The van der Waals surface area contributed by atoms with Crippen molar-refractivity contribution in [1.29, 1.82) is 0 Å². The van der Waals surface area contributed by atoms with Crippen molar-refractivity contribution in [3.63, 3.8) is 0 Å². The number of aryl methyl sites for hydroxylation is 2. The first-order valence-electron chi connectivity index (χ1n) is 5.48. The van der Waals surface area contributed by atoms with Crippen LogP contribution in [0.3, 0.4) is 0 Å². The van der Waals surface area contributed by atoms with Crippen LogP contribution in [0.1, 0.15) is 30.5 Å². The number of benzene rings is 1. The van der Waals surface area contributed by atoms with Crippen molar-refractivity contribution in [3.05, 3.63) is 34.9 Å². The molecule has 1 aromatic carbocycles. The van der Waals surface area contributed by atoms with E-state index in [2.05, 4.69) is 26.0 Å². The first-order chi connectivity index (χ1) is 7.28. The second-order valence-electron chi connectivity index (χ2n) is 5.14. The molecule has 0 amide bonds. The summed E-state index contributed by atoms with van der Waals surface area (Å²) in [6.45, 7) is 7.98. The van der Waals surface area contributed by atoms with Gasteiger partial charge in [-0.25, -0.2) is 0 Å². The van der Waals surface area contributed by atoms with E-state index in [1.54, 1.807) is 0 Å². The summed E-state index contributed by atoms with van der Waals surface area (Å²) in [6.07, 6.45) is 0. The first kappa shape index (κ1) is 13.4. The minimum atomic E-state index is -0.880. The lowest BCUT2D eigenvalue weighted by atomic mass is 10.1. The Labute approximate surface area is 101 Å². The molecule has 1 aromatic rings. The van der Waals surface area contributed by atoms with Crippen LogP contribution in [-0.4, -0.2) is 15.5 Å². The second-order valence-corrected chi connectivity index (χ2v) is 6.59. The van der Waals surface area contributed by atoms with Gasteiger partial charge in [-0.1, -0.05) is 18.2 Å². The van der Waals surface area contributed by atoms with Crippen molar-refractivity contribution in [2.45, 2.75) is 39.0 Å². The van der Waals surface area contributed by atoms with Gasteiger partial charge >= 0.3 is 0 Å². The van der Waals surface area contributed by atoms with Crippen molar-refractivity contribution in [1.82, 2.24) is 0 Å². The maximum Gasteiger partial charge on any atom is 0.0486 e. The van der Waals surface area contributed by atoms with Crippen LogP contribution >= 0.6 is 0 Å². The molecule has 0 aliphatic heterocycles. The average Bonchev–Trinajstić information content (AvgIpc) is 2.08. The molecular weight excluding hydrogens is 218 g/mol. The predicted octanol–water partition coefficient (Wildman–Crippen LogP) is 2.29. The van der Waals surface area contributed by atoms with Gasteiger partial charge in [0.15, 0.2) is 0 Å². The standard InChI is InChI=1S/C13H21NOS/c1-10-5-6-12(7-11(10)2)8-16(15)9-13(3,4)14/h5-7H,8-9,14H2,1-4H3. The summed E-state index contributed by atoms with van der Waals surface area (Å²) in [7, 11) is -0.880. The van der Waals surface area contributed by atoms with Crippen molar-refractivity contribution in [2.24, 2.45) is 5.73 Å². The highest BCUT2D eigenvalue weighted by Gasteiger charge is 2.15. The normalized spacial score (nSPS) is 13.8. The Morgan fingerprint density at radius 1 is 1.25 bits per heavy atom. The Bertz CT molecular complexity index is 393. The average molecular weight is 239 g/mol. The minimum Gasteiger partial charge on any atom is -0.325 e. The molecule has 0 saturated heterocycles. The SMILES string of the molecule is Cc1ccc(CS(=O)CC(C)(C)N)cc1C. The van der Waals surface area contributed by atoms with Gasteiger partial charge in [0, 0.05) is 27.8 Å². The molecule has 2 N–H and O–H groups in total. The topological polar surface area (TPSA) is 43.1 Å². The molecule has 0 heterocycles. The van der Waals surface area contributed by atoms with E-state index in [0.717, 1.165) is 5.56 Å². The molecule has 0 aliphatic rings. The fraction of sp³-hybridized carbons (Fsp3) is 0.538. The summed E-state index contributed by atoms with van der Waals surface area (Å²) in [6, 6.07) is 6.23. The molecule has 0 fully saturated rings. The molecule has 1 unspecified atom stereocenters. The van der Waals surface area contributed by atoms with E-state index in [0.29, 0.717) is 11.5 Å². The quantitative estimate of drug-likeness (QED) is 0.876. The molecule has 1 rings (SSSR count). The second kappa shape index (κ2) is 5.11. The molecular formula is C13H21NOS. The minimum absolute atomic E-state index is 0.357. The van der Waals surface area contributed by atoms with Gasteiger partial charge in [-0.3, -0.25) is 4.21 Å². The lowest BCUT2D eigenvalue weighted by Gasteiger charge is -2.17. The Kier molecular flexibility index (Phi) is 4.28. The third kappa shape index (κ3) is 4.45. The third-order valence-electron chi connectivity index (χ3n) is 2.43. The summed E-state index contributed by atoms with van der Waals surface area (Å²) in [5.74, 6) is 1.14. The largest absolute Gasteiger partial charge is 0.325 e. The fourth-order valence-corrected chi connectivity index (χ4v) is 3.03. The number of hydrogen-bond acceptors (Lipinski definition) is 2. The van der Waals surface area contributed by atoms with Gasteiger partial charge in [-0.15, -0.1) is 0 Å². The molecule has 3 heteroatoms. The Morgan fingerprint density at radius 2 is 1.88 bits per heavy atom. The zero-order valence-electron chi connectivity index (χ0n) is 10.5. The molecule has 0 bridgehead atoms. The summed E-state index contributed by atoms with van der Waals surface area (Å²) in [5.41, 5.74) is 9.15. The van der Waals surface area contributed by atoms with E-state index in [1.165, 1.54) is 11.1 Å². The highest BCUT2D eigenvalue weighted by atomic mass is 32.2. The van der Waals surface area contributed by atoms with Crippen LogP contribution in [0.4, 0.5) is 0 Å². The predicted molar refractivity (Wildman–Crippen MR) is 70.9 cm³/mol. The van der Waals surface area contributed by atoms with Crippen LogP contribution in [-0.2, 0) is 16.6 Å². The van der Waals surface area contributed by atoms with Crippen molar-refractivity contribution >= 4 is 10.8 Å². The van der Waals surface area contributed by atoms with Crippen LogP contribution in [0.2, 0.25) is 0 Å². The maximum absolute atomic E-state index is 11.9. The summed E-state index contributed by atoms with van der Waals surface area (Å²) >= 11 is 0. The Morgan fingerprint density at radius 3 is 2.38 bits per heavy atom. The molecule has 2 nitrogen and oxygen atoms in total. The van der Waals surface area contributed by atoms with Crippen molar-refractivity contribution in [2.75, 3.05) is 5.75 Å². The lowest BCUT2D eigenvalue weighted by Crippen LogP contribution is -2.38. The smallest absolute Gasteiger partial charge is 0.0486 e. The summed E-state index contributed by atoms with van der Waals surface area (Å²) in [5, 5.41) is 0. The number of nitrogens with two attached hydrogens (primary N) is 1. The van der Waals surface area contributed by atoms with Crippen LogP contribution in [0.5, 0.6) is 0 Å². The van der Waals surface area contributed by atoms with Gasteiger partial charge < -0.3 is 5.73 Å². The van der Waals surface area contributed by atoms with Crippen molar-refractivity contribution < 1.29 is 4.21 Å². The number of rotatable bonds is 4. The van der Waals surface area contributed by atoms with E-state index >= 15 is 0 Å². The molecule has 16 heavy (non-hydrogen) atoms. The summed E-state index contributed by atoms with van der Waals surface area (Å²) < 4.78 is 11.9. The Hall–Kier alpha value is -0.670. The van der Waals surface area contributed by atoms with Gasteiger partial charge in [0.1, 0.15) is 0 Å². The van der Waals surface area contributed by atoms with Gasteiger partial charge in [0.2, 0.25) is 0 Å². The molecule has 0 aliphatic carbocycles. The van der Waals surface area contributed by atoms with E-state index in [-0.39, 0.29) is 5.54 Å². The highest BCUT2D eigenvalue weighted by molar-refractivity contribution is 7.84. The van der Waals surface area contributed by atoms with E-state index in [9.17, 15) is 4.21 Å². The third-order valence-corrected chi connectivity index (χ3v) is 4.15. The molecule has 0 saturated carbocycles. The zero-order chi connectivity index (χ0) is 12.3. The molecule has 0 aromatic heterocycles. The first-order valence-corrected chi connectivity index (χ1v) is 6.97. The van der Waals surface area contributed by atoms with Gasteiger partial charge in [0.25, 0.3) is 0 Å². The van der Waals surface area contributed by atoms with E-state index < -0.39 is 10.8 Å². The van der Waals surface area contributed by atoms with Gasteiger partial charge in [0.05, 0.1) is 0 Å². The van der Waals surface area contributed by atoms with Crippen molar-refractivity contribution in [3.8, 4) is 0 Å². The Balaban J connectivity index is 2.67.